The van der Waals surface area contributed by atoms with Crippen molar-refractivity contribution < 1.29 is 5.11 Å². The van der Waals surface area contributed by atoms with Crippen LogP contribution in [0.15, 0.2) is 24.3 Å². The average molecular weight is 352 g/mol. The predicted octanol–water partition coefficient (Wildman–Crippen LogP) is 3.30. The molecule has 3 heterocycles. The molecule has 3 atom stereocenters. The molecule has 5 nitrogen and oxygen atoms in total. The summed E-state index contributed by atoms with van der Waals surface area (Å²) in [7, 11) is 0. The van der Waals surface area contributed by atoms with Crippen molar-refractivity contribution in [2.24, 2.45) is 5.92 Å². The summed E-state index contributed by atoms with van der Waals surface area (Å²) < 4.78 is 0. The summed E-state index contributed by atoms with van der Waals surface area (Å²) in [6.45, 7) is 8.55. The van der Waals surface area contributed by atoms with Gasteiger partial charge in [0, 0.05) is 24.2 Å². The van der Waals surface area contributed by atoms with Crippen molar-refractivity contribution >= 4 is 5.82 Å². The first-order chi connectivity index (χ1) is 12.6. The van der Waals surface area contributed by atoms with Gasteiger partial charge in [-0.2, -0.15) is 0 Å². The Balaban J connectivity index is 1.62. The number of hydrogen-bond acceptors (Lipinski definition) is 5. The SMILES string of the molecule is CCc1cc(C)cc(O)c1-c1ccc(N2CC[C@@H]3NCC(C)C[C@H]32)nn1. The molecule has 1 aromatic carbocycles. The maximum absolute atomic E-state index is 10.4. The lowest BCUT2D eigenvalue weighted by atomic mass is 9.92. The molecule has 0 amide bonds. The van der Waals surface area contributed by atoms with Crippen LogP contribution in [0.2, 0.25) is 0 Å². The van der Waals surface area contributed by atoms with E-state index in [0.717, 1.165) is 47.7 Å². The number of rotatable bonds is 3. The summed E-state index contributed by atoms with van der Waals surface area (Å²) in [5, 5.41) is 23.1. The van der Waals surface area contributed by atoms with Gasteiger partial charge in [-0.3, -0.25) is 0 Å². The van der Waals surface area contributed by atoms with E-state index in [-0.39, 0.29) is 5.75 Å². The summed E-state index contributed by atoms with van der Waals surface area (Å²) in [6.07, 6.45) is 3.23. The van der Waals surface area contributed by atoms with Crippen LogP contribution in [0, 0.1) is 12.8 Å². The molecule has 4 rings (SSSR count). The molecule has 2 aromatic rings. The maximum Gasteiger partial charge on any atom is 0.151 e. The van der Waals surface area contributed by atoms with E-state index < -0.39 is 0 Å². The van der Waals surface area contributed by atoms with Crippen molar-refractivity contribution in [1.29, 1.82) is 0 Å². The van der Waals surface area contributed by atoms with Crippen LogP contribution in [0.1, 0.15) is 37.8 Å². The molecular weight excluding hydrogens is 324 g/mol. The Kier molecular flexibility index (Phi) is 4.57. The Morgan fingerprint density at radius 3 is 2.85 bits per heavy atom. The summed E-state index contributed by atoms with van der Waals surface area (Å²) in [6, 6.07) is 9.05. The number of aromatic nitrogens is 2. The second kappa shape index (κ2) is 6.88. The molecule has 0 aliphatic carbocycles. The van der Waals surface area contributed by atoms with E-state index in [1.807, 2.05) is 13.0 Å². The van der Waals surface area contributed by atoms with E-state index >= 15 is 0 Å². The molecule has 0 bridgehead atoms. The lowest BCUT2D eigenvalue weighted by molar-refractivity contribution is 0.310. The van der Waals surface area contributed by atoms with E-state index in [0.29, 0.717) is 18.0 Å². The highest BCUT2D eigenvalue weighted by Gasteiger charge is 2.38. The minimum Gasteiger partial charge on any atom is -0.507 e. The second-order valence-corrected chi connectivity index (χ2v) is 7.85. The lowest BCUT2D eigenvalue weighted by Crippen LogP contribution is -2.50. The minimum atomic E-state index is 0.287. The zero-order valence-electron chi connectivity index (χ0n) is 15.9. The number of phenols is 1. The van der Waals surface area contributed by atoms with Gasteiger partial charge in [0.15, 0.2) is 5.82 Å². The summed E-state index contributed by atoms with van der Waals surface area (Å²) in [5.41, 5.74) is 3.73. The van der Waals surface area contributed by atoms with Gasteiger partial charge >= 0.3 is 0 Å². The first-order valence-electron chi connectivity index (χ1n) is 9.73. The van der Waals surface area contributed by atoms with Crippen molar-refractivity contribution in [3.63, 3.8) is 0 Å². The summed E-state index contributed by atoms with van der Waals surface area (Å²) in [4.78, 5) is 2.40. The number of fused-ring (bicyclic) bond motifs is 1. The van der Waals surface area contributed by atoms with Crippen LogP contribution < -0.4 is 10.2 Å². The average Bonchev–Trinajstić information content (AvgIpc) is 3.04. The number of anilines is 1. The van der Waals surface area contributed by atoms with E-state index in [2.05, 4.69) is 46.4 Å². The lowest BCUT2D eigenvalue weighted by Gasteiger charge is -2.36. The number of nitrogens with one attached hydrogen (secondary N) is 1. The van der Waals surface area contributed by atoms with Gasteiger partial charge in [-0.15, -0.1) is 10.2 Å². The quantitative estimate of drug-likeness (QED) is 0.887. The van der Waals surface area contributed by atoms with Gasteiger partial charge in [0.05, 0.1) is 5.69 Å². The Morgan fingerprint density at radius 2 is 2.12 bits per heavy atom. The van der Waals surface area contributed by atoms with Crippen LogP contribution >= 0.6 is 0 Å². The largest absolute Gasteiger partial charge is 0.507 e. The number of nitrogens with zero attached hydrogens (tertiary/aromatic N) is 3. The fourth-order valence-corrected chi connectivity index (χ4v) is 4.54. The molecule has 2 fully saturated rings. The van der Waals surface area contributed by atoms with Gasteiger partial charge in [0.1, 0.15) is 5.75 Å². The monoisotopic (exact) mass is 352 g/mol. The maximum atomic E-state index is 10.4. The zero-order valence-corrected chi connectivity index (χ0v) is 15.9. The van der Waals surface area contributed by atoms with Crippen LogP contribution in [0.4, 0.5) is 5.82 Å². The molecule has 0 radical (unpaired) electrons. The number of hydrogen-bond donors (Lipinski definition) is 2. The Morgan fingerprint density at radius 1 is 1.27 bits per heavy atom. The van der Waals surface area contributed by atoms with Gasteiger partial charge in [0.25, 0.3) is 0 Å². The molecule has 1 unspecified atom stereocenters. The van der Waals surface area contributed by atoms with Gasteiger partial charge in [-0.1, -0.05) is 19.9 Å². The molecule has 1 aromatic heterocycles. The minimum absolute atomic E-state index is 0.287. The van der Waals surface area contributed by atoms with Gasteiger partial charge in [-0.25, -0.2) is 0 Å². The number of aromatic hydroxyl groups is 1. The Bertz CT molecular complexity index is 789. The summed E-state index contributed by atoms with van der Waals surface area (Å²) in [5.74, 6) is 1.93. The van der Waals surface area contributed by atoms with Crippen LogP contribution in [-0.2, 0) is 6.42 Å². The first kappa shape index (κ1) is 17.3. The van der Waals surface area contributed by atoms with Crippen molar-refractivity contribution in [3.8, 4) is 17.0 Å². The number of phenolic OH excluding ortho intramolecular Hbond substituents is 1. The Hall–Kier alpha value is -2.14. The molecule has 5 heteroatoms. The van der Waals surface area contributed by atoms with E-state index in [9.17, 15) is 5.11 Å². The fourth-order valence-electron chi connectivity index (χ4n) is 4.54. The van der Waals surface area contributed by atoms with Crippen LogP contribution in [0.5, 0.6) is 5.75 Å². The highest BCUT2D eigenvalue weighted by atomic mass is 16.3. The third-order valence-corrected chi connectivity index (χ3v) is 5.84. The van der Waals surface area contributed by atoms with Gasteiger partial charge < -0.3 is 15.3 Å². The van der Waals surface area contributed by atoms with Crippen molar-refractivity contribution in [3.05, 3.63) is 35.4 Å². The highest BCUT2D eigenvalue weighted by molar-refractivity contribution is 5.71. The predicted molar refractivity (Wildman–Crippen MR) is 105 cm³/mol. The molecule has 0 saturated carbocycles. The number of piperidine rings is 1. The topological polar surface area (TPSA) is 61.3 Å². The van der Waals surface area contributed by atoms with E-state index in [1.54, 1.807) is 6.07 Å². The fraction of sp³-hybridized carbons (Fsp3) is 0.524. The van der Waals surface area contributed by atoms with Crippen LogP contribution in [0.25, 0.3) is 11.3 Å². The first-order valence-corrected chi connectivity index (χ1v) is 9.73. The van der Waals surface area contributed by atoms with Crippen molar-refractivity contribution in [1.82, 2.24) is 15.5 Å². The molecule has 2 aliphatic rings. The van der Waals surface area contributed by atoms with Crippen molar-refractivity contribution in [2.45, 2.75) is 52.1 Å². The summed E-state index contributed by atoms with van der Waals surface area (Å²) >= 11 is 0. The van der Waals surface area contributed by atoms with Crippen LogP contribution in [0.3, 0.4) is 0 Å². The molecule has 26 heavy (non-hydrogen) atoms. The number of benzene rings is 1. The molecule has 2 N–H and O–H groups in total. The zero-order chi connectivity index (χ0) is 18.3. The normalized spacial score (nSPS) is 25.3. The van der Waals surface area contributed by atoms with E-state index in [4.69, 9.17) is 0 Å². The molecular formula is C21H28N4O. The standard InChI is InChI=1S/C21H28N4O/c1-4-15-9-13(2)11-19(26)21(15)17-5-6-20(24-23-17)25-8-7-16-18(25)10-14(3)12-22-16/h5-6,9,11,14,16,18,22,26H,4,7-8,10,12H2,1-3H3/t14?,16-,18+/m0/s1. The second-order valence-electron chi connectivity index (χ2n) is 7.85. The van der Waals surface area contributed by atoms with E-state index in [1.165, 1.54) is 12.8 Å². The third kappa shape index (κ3) is 3.05. The highest BCUT2D eigenvalue weighted by Crippen LogP contribution is 2.35. The molecule has 2 aliphatic heterocycles. The van der Waals surface area contributed by atoms with Gasteiger partial charge in [-0.05, 0) is 68.0 Å². The molecule has 2 saturated heterocycles. The van der Waals surface area contributed by atoms with Gasteiger partial charge in [0.2, 0.25) is 0 Å². The number of aryl methyl sites for hydroxylation is 2. The molecule has 138 valence electrons. The Labute approximate surface area is 155 Å². The third-order valence-electron chi connectivity index (χ3n) is 5.84. The smallest absolute Gasteiger partial charge is 0.151 e. The van der Waals surface area contributed by atoms with Crippen LogP contribution in [-0.4, -0.2) is 40.5 Å². The molecule has 0 spiro atoms. The van der Waals surface area contributed by atoms with Crippen molar-refractivity contribution in [2.75, 3.05) is 18.0 Å².